The fourth-order valence-corrected chi connectivity index (χ4v) is 3.71. The number of carbonyl (C=O) groups is 2. The number of anilines is 1. The maximum absolute atomic E-state index is 12.2. The van der Waals surface area contributed by atoms with Gasteiger partial charge in [0.05, 0.1) is 15.7 Å². The van der Waals surface area contributed by atoms with Gasteiger partial charge in [0.25, 0.3) is 0 Å². The molecule has 0 spiro atoms. The van der Waals surface area contributed by atoms with Crippen molar-refractivity contribution in [3.05, 3.63) is 28.2 Å². The topological polar surface area (TPSA) is 49.4 Å². The van der Waals surface area contributed by atoms with Crippen molar-refractivity contribution >= 4 is 40.7 Å². The molecule has 0 aliphatic heterocycles. The van der Waals surface area contributed by atoms with E-state index in [4.69, 9.17) is 23.2 Å². The average Bonchev–Trinajstić information content (AvgIpc) is 2.78. The summed E-state index contributed by atoms with van der Waals surface area (Å²) in [6, 6.07) is 5.36. The van der Waals surface area contributed by atoms with E-state index in [-0.39, 0.29) is 30.8 Å². The Balaban J connectivity index is 1.96. The minimum atomic E-state index is -0.188. The zero-order valence-electron chi connectivity index (χ0n) is 14.0. The van der Waals surface area contributed by atoms with E-state index in [1.54, 1.807) is 18.2 Å². The highest BCUT2D eigenvalue weighted by atomic mass is 35.5. The van der Waals surface area contributed by atoms with E-state index >= 15 is 0 Å². The molecule has 4 nitrogen and oxygen atoms in total. The lowest BCUT2D eigenvalue weighted by molar-refractivity contribution is -0.121. The first kappa shape index (κ1) is 19.1. The monoisotopic (exact) mass is 370 g/mol. The van der Waals surface area contributed by atoms with Crippen molar-refractivity contribution in [1.82, 2.24) is 5.32 Å². The normalized spacial score (nSPS) is 15.6. The summed E-state index contributed by atoms with van der Waals surface area (Å²) in [5.74, 6) is -0.219. The second-order valence-corrected chi connectivity index (χ2v) is 7.06. The summed E-state index contributed by atoms with van der Waals surface area (Å²) >= 11 is 12.4. The van der Waals surface area contributed by atoms with Gasteiger partial charge < -0.3 is 10.2 Å². The molecule has 0 bridgehead atoms. The van der Waals surface area contributed by atoms with Crippen LogP contribution in [0.3, 0.4) is 0 Å². The van der Waals surface area contributed by atoms with Gasteiger partial charge in [0.15, 0.2) is 0 Å². The van der Waals surface area contributed by atoms with E-state index in [1.807, 2.05) is 0 Å². The number of nitrogens with one attached hydrogen (secondary N) is 1. The SMILES string of the molecule is CC(=O)N(CCC(=O)NC1CCCCCC1)c1c(Cl)cccc1Cl. The maximum atomic E-state index is 12.2. The number of carbonyl (C=O) groups excluding carboxylic acids is 2. The molecular weight excluding hydrogens is 347 g/mol. The molecule has 1 N–H and O–H groups in total. The quantitative estimate of drug-likeness (QED) is 0.771. The number of para-hydroxylation sites is 1. The third-order valence-corrected chi connectivity index (χ3v) is 4.98. The Bertz CT molecular complexity index is 564. The second-order valence-electron chi connectivity index (χ2n) is 6.25. The Labute approximate surface area is 153 Å². The lowest BCUT2D eigenvalue weighted by Crippen LogP contribution is -2.38. The number of nitrogens with zero attached hydrogens (tertiary/aromatic N) is 1. The number of benzene rings is 1. The van der Waals surface area contributed by atoms with Gasteiger partial charge in [-0.3, -0.25) is 9.59 Å². The van der Waals surface area contributed by atoms with Crippen LogP contribution in [0.25, 0.3) is 0 Å². The van der Waals surface area contributed by atoms with E-state index in [2.05, 4.69) is 5.32 Å². The first-order valence-corrected chi connectivity index (χ1v) is 9.26. The van der Waals surface area contributed by atoms with Gasteiger partial charge >= 0.3 is 0 Å². The van der Waals surface area contributed by atoms with Crippen LogP contribution >= 0.6 is 23.2 Å². The van der Waals surface area contributed by atoms with E-state index in [0.717, 1.165) is 12.8 Å². The fourth-order valence-electron chi connectivity index (χ4n) is 3.11. The van der Waals surface area contributed by atoms with Crippen LogP contribution in [0.5, 0.6) is 0 Å². The van der Waals surface area contributed by atoms with E-state index in [9.17, 15) is 9.59 Å². The van der Waals surface area contributed by atoms with Crippen LogP contribution in [-0.2, 0) is 9.59 Å². The Morgan fingerprint density at radius 3 is 2.25 bits per heavy atom. The van der Waals surface area contributed by atoms with Crippen molar-refractivity contribution in [2.75, 3.05) is 11.4 Å². The van der Waals surface area contributed by atoms with Gasteiger partial charge in [0, 0.05) is 25.9 Å². The Kier molecular flexibility index (Phi) is 7.38. The molecule has 1 aromatic rings. The molecule has 1 aromatic carbocycles. The number of halogens is 2. The molecule has 2 rings (SSSR count). The van der Waals surface area contributed by atoms with Crippen LogP contribution in [0.2, 0.25) is 10.0 Å². The first-order valence-electron chi connectivity index (χ1n) is 8.50. The van der Waals surface area contributed by atoms with Gasteiger partial charge in [-0.1, -0.05) is 55.0 Å². The summed E-state index contributed by atoms with van der Waals surface area (Å²) in [6.07, 6.45) is 7.14. The Morgan fingerprint density at radius 2 is 1.71 bits per heavy atom. The highest BCUT2D eigenvalue weighted by molar-refractivity contribution is 6.39. The van der Waals surface area contributed by atoms with Gasteiger partial charge in [-0.15, -0.1) is 0 Å². The van der Waals surface area contributed by atoms with Crippen molar-refractivity contribution in [3.63, 3.8) is 0 Å². The van der Waals surface area contributed by atoms with Crippen LogP contribution in [0, 0.1) is 0 Å². The maximum Gasteiger partial charge on any atom is 0.223 e. The van der Waals surface area contributed by atoms with Crippen molar-refractivity contribution in [1.29, 1.82) is 0 Å². The number of amides is 2. The van der Waals surface area contributed by atoms with Crippen molar-refractivity contribution in [2.45, 2.75) is 57.9 Å². The molecule has 0 unspecified atom stereocenters. The summed E-state index contributed by atoms with van der Waals surface area (Å²) in [5.41, 5.74) is 0.468. The van der Waals surface area contributed by atoms with Crippen LogP contribution < -0.4 is 10.2 Å². The third-order valence-electron chi connectivity index (χ3n) is 4.37. The Morgan fingerprint density at radius 1 is 1.12 bits per heavy atom. The summed E-state index contributed by atoms with van der Waals surface area (Å²) in [7, 11) is 0. The average molecular weight is 371 g/mol. The molecule has 0 aromatic heterocycles. The lowest BCUT2D eigenvalue weighted by atomic mass is 10.1. The molecule has 1 fully saturated rings. The van der Waals surface area contributed by atoms with E-state index < -0.39 is 0 Å². The van der Waals surface area contributed by atoms with Crippen LogP contribution in [-0.4, -0.2) is 24.4 Å². The summed E-state index contributed by atoms with van der Waals surface area (Å²) < 4.78 is 0. The zero-order chi connectivity index (χ0) is 17.5. The summed E-state index contributed by atoms with van der Waals surface area (Å²) in [5, 5.41) is 3.90. The minimum Gasteiger partial charge on any atom is -0.353 e. The number of hydrogen-bond donors (Lipinski definition) is 1. The number of hydrogen-bond acceptors (Lipinski definition) is 2. The molecule has 132 valence electrons. The van der Waals surface area contributed by atoms with E-state index in [1.165, 1.54) is 37.5 Å². The molecule has 0 atom stereocenters. The molecule has 0 saturated heterocycles. The standard InChI is InChI=1S/C18H24Cl2N2O2/c1-13(23)22(18-15(19)9-6-10-16(18)20)12-11-17(24)21-14-7-4-2-3-5-8-14/h6,9-10,14H,2-5,7-8,11-12H2,1H3,(H,21,24). The molecule has 1 aliphatic carbocycles. The summed E-state index contributed by atoms with van der Waals surface area (Å²) in [4.78, 5) is 25.7. The molecule has 0 heterocycles. The van der Waals surface area contributed by atoms with Gasteiger partial charge in [0.1, 0.15) is 0 Å². The first-order chi connectivity index (χ1) is 11.5. The molecule has 2 amide bonds. The van der Waals surface area contributed by atoms with Crippen molar-refractivity contribution in [3.8, 4) is 0 Å². The van der Waals surface area contributed by atoms with Crippen molar-refractivity contribution in [2.24, 2.45) is 0 Å². The number of rotatable bonds is 5. The second kappa shape index (κ2) is 9.28. The molecule has 0 radical (unpaired) electrons. The predicted molar refractivity (Wildman–Crippen MR) is 98.7 cm³/mol. The third kappa shape index (κ3) is 5.38. The zero-order valence-corrected chi connectivity index (χ0v) is 15.5. The van der Waals surface area contributed by atoms with Gasteiger partial charge in [0.2, 0.25) is 11.8 Å². The molecule has 24 heavy (non-hydrogen) atoms. The lowest BCUT2D eigenvalue weighted by Gasteiger charge is -2.24. The highest BCUT2D eigenvalue weighted by Crippen LogP contribution is 2.33. The molecule has 1 saturated carbocycles. The van der Waals surface area contributed by atoms with Crippen molar-refractivity contribution < 1.29 is 9.59 Å². The Hall–Kier alpha value is -1.26. The van der Waals surface area contributed by atoms with Crippen LogP contribution in [0.15, 0.2) is 18.2 Å². The van der Waals surface area contributed by atoms with Crippen LogP contribution in [0.4, 0.5) is 5.69 Å². The summed E-state index contributed by atoms with van der Waals surface area (Å²) in [6.45, 7) is 1.71. The smallest absolute Gasteiger partial charge is 0.223 e. The molecule has 6 heteroatoms. The predicted octanol–water partition coefficient (Wildman–Crippen LogP) is 4.58. The van der Waals surface area contributed by atoms with E-state index in [0.29, 0.717) is 15.7 Å². The highest BCUT2D eigenvalue weighted by Gasteiger charge is 2.20. The van der Waals surface area contributed by atoms with Gasteiger partial charge in [-0.2, -0.15) is 0 Å². The van der Waals surface area contributed by atoms with Gasteiger partial charge in [-0.05, 0) is 25.0 Å². The largest absolute Gasteiger partial charge is 0.353 e. The van der Waals surface area contributed by atoms with Crippen LogP contribution in [0.1, 0.15) is 51.9 Å². The molecular formula is C18H24Cl2N2O2. The molecule has 1 aliphatic rings. The van der Waals surface area contributed by atoms with Gasteiger partial charge in [-0.25, -0.2) is 0 Å². The fraction of sp³-hybridized carbons (Fsp3) is 0.556. The minimum absolute atomic E-state index is 0.0312.